The van der Waals surface area contributed by atoms with Gasteiger partial charge in [-0.15, -0.1) is 11.3 Å². The van der Waals surface area contributed by atoms with Crippen molar-refractivity contribution < 1.29 is 4.79 Å². The van der Waals surface area contributed by atoms with Gasteiger partial charge in [-0.2, -0.15) is 0 Å². The minimum Gasteiger partial charge on any atom is -0.330 e. The van der Waals surface area contributed by atoms with Crippen molar-refractivity contribution in [3.8, 4) is 0 Å². The van der Waals surface area contributed by atoms with Crippen molar-refractivity contribution in [1.29, 1.82) is 0 Å². The Morgan fingerprint density at radius 3 is 3.20 bits per heavy atom. The van der Waals surface area contributed by atoms with E-state index in [1.807, 2.05) is 4.90 Å². The number of nitrogens with one attached hydrogen (secondary N) is 1. The van der Waals surface area contributed by atoms with Crippen molar-refractivity contribution in [1.82, 2.24) is 9.88 Å². The molecule has 0 saturated heterocycles. The number of hydrogen-bond donors (Lipinski definition) is 2. The topological polar surface area (TPSA) is 71.2 Å². The van der Waals surface area contributed by atoms with Gasteiger partial charge in [0.05, 0.1) is 11.7 Å². The highest BCUT2D eigenvalue weighted by atomic mass is 32.1. The summed E-state index contributed by atoms with van der Waals surface area (Å²) < 4.78 is 0. The molecule has 2 aromatic rings. The van der Waals surface area contributed by atoms with E-state index in [1.54, 1.807) is 29.7 Å². The zero-order valence-corrected chi connectivity index (χ0v) is 12.0. The lowest BCUT2D eigenvalue weighted by Crippen LogP contribution is -2.38. The third-order valence-corrected chi connectivity index (χ3v) is 4.68. The van der Waals surface area contributed by atoms with Crippen LogP contribution in [0.15, 0.2) is 29.8 Å². The Balaban J connectivity index is 1.88. The molecule has 104 valence electrons. The minimum absolute atomic E-state index is 0.0496. The van der Waals surface area contributed by atoms with Gasteiger partial charge in [-0.1, -0.05) is 0 Å². The van der Waals surface area contributed by atoms with E-state index in [1.165, 1.54) is 10.4 Å². The maximum absolute atomic E-state index is 12.6. The maximum Gasteiger partial charge on any atom is 0.273 e. The minimum atomic E-state index is -0.0496. The molecule has 1 unspecified atom stereocenters. The van der Waals surface area contributed by atoms with Gasteiger partial charge in [0.25, 0.3) is 5.91 Å². The van der Waals surface area contributed by atoms with Crippen LogP contribution in [-0.4, -0.2) is 22.3 Å². The van der Waals surface area contributed by atoms with Crippen molar-refractivity contribution in [2.45, 2.75) is 19.4 Å². The standard InChI is InChI=1S/C14H16N4OS/c1-9-11-4-7-20-13(11)3-6-18(9)14(19)12-8-10(17-15)2-5-16-12/h2,4-5,7-9H,3,6,15H2,1H3,(H,16,17). The molecule has 0 radical (unpaired) electrons. The van der Waals surface area contributed by atoms with Crippen LogP contribution in [0.2, 0.25) is 0 Å². The number of rotatable bonds is 2. The highest BCUT2D eigenvalue weighted by molar-refractivity contribution is 7.10. The van der Waals surface area contributed by atoms with Crippen molar-refractivity contribution in [2.75, 3.05) is 12.0 Å². The van der Waals surface area contributed by atoms with Gasteiger partial charge in [-0.25, -0.2) is 0 Å². The molecule has 1 aliphatic heterocycles. The summed E-state index contributed by atoms with van der Waals surface area (Å²) in [4.78, 5) is 20.0. The van der Waals surface area contributed by atoms with Gasteiger partial charge in [0.15, 0.2) is 0 Å². The number of nitrogen functional groups attached to an aromatic ring is 1. The quantitative estimate of drug-likeness (QED) is 0.656. The summed E-state index contributed by atoms with van der Waals surface area (Å²) in [5, 5.41) is 2.09. The molecule has 0 spiro atoms. The highest BCUT2D eigenvalue weighted by Crippen LogP contribution is 2.33. The van der Waals surface area contributed by atoms with Gasteiger partial charge < -0.3 is 10.3 Å². The molecule has 20 heavy (non-hydrogen) atoms. The second-order valence-electron chi connectivity index (χ2n) is 4.80. The number of hydrazine groups is 1. The number of anilines is 1. The van der Waals surface area contributed by atoms with Crippen LogP contribution in [-0.2, 0) is 6.42 Å². The summed E-state index contributed by atoms with van der Waals surface area (Å²) in [7, 11) is 0. The Hall–Kier alpha value is -1.92. The number of nitrogens with zero attached hydrogens (tertiary/aromatic N) is 2. The molecule has 1 amide bonds. The lowest BCUT2D eigenvalue weighted by Gasteiger charge is -2.33. The van der Waals surface area contributed by atoms with Crippen LogP contribution in [0.25, 0.3) is 0 Å². The summed E-state index contributed by atoms with van der Waals surface area (Å²) in [6.07, 6.45) is 2.50. The lowest BCUT2D eigenvalue weighted by atomic mass is 10.0. The number of hydrogen-bond acceptors (Lipinski definition) is 5. The summed E-state index contributed by atoms with van der Waals surface area (Å²) in [6, 6.07) is 5.61. The first-order valence-corrected chi connectivity index (χ1v) is 7.38. The molecule has 1 aliphatic rings. The predicted octanol–water partition coefficient (Wildman–Crippen LogP) is 2.19. The molecule has 3 N–H and O–H groups in total. The van der Waals surface area contributed by atoms with Crippen molar-refractivity contribution in [3.05, 3.63) is 45.9 Å². The number of carbonyl (C=O) groups is 1. The zero-order valence-electron chi connectivity index (χ0n) is 11.2. The smallest absolute Gasteiger partial charge is 0.273 e. The Labute approximate surface area is 121 Å². The van der Waals surface area contributed by atoms with Crippen molar-refractivity contribution in [3.63, 3.8) is 0 Å². The molecule has 0 fully saturated rings. The molecule has 0 aliphatic carbocycles. The van der Waals surface area contributed by atoms with E-state index in [0.717, 1.165) is 13.0 Å². The number of nitrogens with two attached hydrogens (primary N) is 1. The summed E-state index contributed by atoms with van der Waals surface area (Å²) >= 11 is 1.76. The zero-order chi connectivity index (χ0) is 14.1. The molecule has 0 saturated carbocycles. The molecular formula is C14H16N4OS. The van der Waals surface area contributed by atoms with E-state index >= 15 is 0 Å². The van der Waals surface area contributed by atoms with Gasteiger partial charge in [0, 0.05) is 17.6 Å². The summed E-state index contributed by atoms with van der Waals surface area (Å²) in [5.41, 5.74) is 4.90. The predicted molar refractivity (Wildman–Crippen MR) is 79.5 cm³/mol. The first-order valence-electron chi connectivity index (χ1n) is 6.50. The molecule has 0 aromatic carbocycles. The van der Waals surface area contributed by atoms with E-state index < -0.39 is 0 Å². The number of pyridine rings is 1. The fourth-order valence-corrected chi connectivity index (χ4v) is 3.53. The summed E-state index contributed by atoms with van der Waals surface area (Å²) in [6.45, 7) is 2.79. The van der Waals surface area contributed by atoms with E-state index in [2.05, 4.69) is 28.8 Å². The van der Waals surface area contributed by atoms with E-state index in [0.29, 0.717) is 11.4 Å². The molecule has 6 heteroatoms. The normalized spacial score (nSPS) is 17.7. The average Bonchev–Trinajstić information content (AvgIpc) is 2.96. The van der Waals surface area contributed by atoms with Crippen LogP contribution in [0, 0.1) is 0 Å². The largest absolute Gasteiger partial charge is 0.330 e. The first-order chi connectivity index (χ1) is 9.70. The van der Waals surface area contributed by atoms with Crippen LogP contribution < -0.4 is 11.3 Å². The van der Waals surface area contributed by atoms with Crippen molar-refractivity contribution >= 4 is 22.9 Å². The molecule has 0 bridgehead atoms. The molecule has 1 atom stereocenters. The third kappa shape index (κ3) is 2.17. The van der Waals surface area contributed by atoms with Gasteiger partial charge in [-0.05, 0) is 42.5 Å². The second-order valence-corrected chi connectivity index (χ2v) is 5.80. The number of carbonyl (C=O) groups excluding carboxylic acids is 1. The molecule has 5 nitrogen and oxygen atoms in total. The highest BCUT2D eigenvalue weighted by Gasteiger charge is 2.29. The van der Waals surface area contributed by atoms with E-state index in [9.17, 15) is 4.79 Å². The molecule has 3 heterocycles. The Morgan fingerprint density at radius 2 is 2.40 bits per heavy atom. The van der Waals surface area contributed by atoms with Crippen LogP contribution >= 0.6 is 11.3 Å². The molecular weight excluding hydrogens is 272 g/mol. The van der Waals surface area contributed by atoms with Crippen molar-refractivity contribution in [2.24, 2.45) is 5.84 Å². The fourth-order valence-electron chi connectivity index (χ4n) is 2.57. The van der Waals surface area contributed by atoms with E-state index in [4.69, 9.17) is 5.84 Å². The van der Waals surface area contributed by atoms with Gasteiger partial charge in [0.1, 0.15) is 5.69 Å². The second kappa shape index (κ2) is 5.22. The number of amides is 1. The Kier molecular flexibility index (Phi) is 3.42. The van der Waals surface area contributed by atoms with Gasteiger partial charge >= 0.3 is 0 Å². The average molecular weight is 288 g/mol. The lowest BCUT2D eigenvalue weighted by molar-refractivity contribution is 0.0673. The van der Waals surface area contributed by atoms with Gasteiger partial charge in [0.2, 0.25) is 0 Å². The van der Waals surface area contributed by atoms with Crippen LogP contribution in [0.3, 0.4) is 0 Å². The summed E-state index contributed by atoms with van der Waals surface area (Å²) in [5.74, 6) is 5.32. The Morgan fingerprint density at radius 1 is 1.55 bits per heavy atom. The number of thiophene rings is 1. The third-order valence-electron chi connectivity index (χ3n) is 3.68. The molecule has 3 rings (SSSR count). The first kappa shape index (κ1) is 13.1. The van der Waals surface area contributed by atoms with Gasteiger partial charge in [-0.3, -0.25) is 15.6 Å². The number of aromatic nitrogens is 1. The SMILES string of the molecule is CC1c2ccsc2CCN1C(=O)c1cc(NN)ccn1. The van der Waals surface area contributed by atoms with E-state index in [-0.39, 0.29) is 11.9 Å². The Bertz CT molecular complexity index is 640. The number of fused-ring (bicyclic) bond motifs is 1. The van der Waals surface area contributed by atoms with Crippen LogP contribution in [0.4, 0.5) is 5.69 Å². The monoisotopic (exact) mass is 288 g/mol. The van der Waals surface area contributed by atoms with Crippen LogP contribution in [0.5, 0.6) is 0 Å². The fraction of sp³-hybridized carbons (Fsp3) is 0.286. The molecule has 2 aromatic heterocycles. The van der Waals surface area contributed by atoms with Crippen LogP contribution in [0.1, 0.15) is 33.9 Å². The maximum atomic E-state index is 12.6.